The fourth-order valence-electron chi connectivity index (χ4n) is 2.28. The van der Waals surface area contributed by atoms with Crippen molar-refractivity contribution in [1.82, 2.24) is 4.90 Å². The topological polar surface area (TPSA) is 29.3 Å². The zero-order chi connectivity index (χ0) is 13.2. The van der Waals surface area contributed by atoms with Crippen LogP contribution in [0.2, 0.25) is 0 Å². The summed E-state index contributed by atoms with van der Waals surface area (Å²) in [6.07, 6.45) is 0. The lowest BCUT2D eigenvalue weighted by atomic mass is 10.1. The summed E-state index contributed by atoms with van der Waals surface area (Å²) in [7, 11) is 0. The summed E-state index contributed by atoms with van der Waals surface area (Å²) in [6, 6.07) is 8.29. The van der Waals surface area contributed by atoms with Crippen LogP contribution in [0, 0.1) is 0 Å². The van der Waals surface area contributed by atoms with Gasteiger partial charge < -0.3 is 5.73 Å². The molecule has 0 radical (unpaired) electrons. The lowest BCUT2D eigenvalue weighted by Gasteiger charge is -2.37. The average Bonchev–Trinajstić information content (AvgIpc) is 2.28. The van der Waals surface area contributed by atoms with Crippen LogP contribution < -0.4 is 5.73 Å². The van der Waals surface area contributed by atoms with Gasteiger partial charge >= 0.3 is 0 Å². The maximum Gasteiger partial charge on any atom is 0.103 e. The fraction of sp³-hybridized carbons (Fsp3) is 0.500. The zero-order valence-corrected chi connectivity index (χ0v) is 12.6. The molecule has 1 fully saturated rings. The van der Waals surface area contributed by atoms with Gasteiger partial charge in [0.05, 0.1) is 0 Å². The molecule has 1 aliphatic heterocycles. The average molecular weight is 280 g/mol. The van der Waals surface area contributed by atoms with Crippen molar-refractivity contribution in [1.29, 1.82) is 0 Å². The third-order valence-electron chi connectivity index (χ3n) is 3.15. The number of rotatable bonds is 3. The monoisotopic (exact) mass is 280 g/mol. The van der Waals surface area contributed by atoms with Crippen molar-refractivity contribution in [3.63, 3.8) is 0 Å². The maximum atomic E-state index is 5.60. The Kier molecular flexibility index (Phi) is 4.30. The molecule has 0 atom stereocenters. The van der Waals surface area contributed by atoms with Gasteiger partial charge in [-0.25, -0.2) is 0 Å². The Morgan fingerprint density at radius 3 is 2.61 bits per heavy atom. The van der Waals surface area contributed by atoms with Crippen LogP contribution in [0.25, 0.3) is 0 Å². The molecule has 0 amide bonds. The molecule has 2 rings (SSSR count). The second-order valence-electron chi connectivity index (χ2n) is 5.38. The molecule has 0 saturated carbocycles. The van der Waals surface area contributed by atoms with Gasteiger partial charge in [-0.3, -0.25) is 4.90 Å². The third kappa shape index (κ3) is 3.70. The molecule has 0 aliphatic carbocycles. The summed E-state index contributed by atoms with van der Waals surface area (Å²) in [5.41, 5.74) is 7.88. The first kappa shape index (κ1) is 13.8. The number of nitrogens with two attached hydrogens (primary N) is 1. The largest absolute Gasteiger partial charge is 0.389 e. The molecule has 0 aromatic heterocycles. The highest BCUT2D eigenvalue weighted by molar-refractivity contribution is 8.00. The van der Waals surface area contributed by atoms with E-state index in [1.54, 1.807) is 0 Å². The lowest BCUT2D eigenvalue weighted by Crippen LogP contribution is -2.42. The van der Waals surface area contributed by atoms with Crippen molar-refractivity contribution < 1.29 is 0 Å². The number of thiocarbonyl (C=S) groups is 1. The highest BCUT2D eigenvalue weighted by Gasteiger charge is 2.26. The summed E-state index contributed by atoms with van der Waals surface area (Å²) in [6.45, 7) is 7.97. The molecule has 98 valence electrons. The van der Waals surface area contributed by atoms with Crippen LogP contribution in [-0.4, -0.2) is 33.5 Å². The van der Waals surface area contributed by atoms with E-state index >= 15 is 0 Å². The molecule has 0 unspecified atom stereocenters. The second kappa shape index (κ2) is 5.59. The molecular weight excluding hydrogens is 260 g/mol. The minimum absolute atomic E-state index is 0.372. The Hall–Kier alpha value is -0.580. The molecular formula is C14H20N2S2. The minimum atomic E-state index is 0.372. The number of hydrogen-bond donors (Lipinski definition) is 1. The molecule has 1 heterocycles. The maximum absolute atomic E-state index is 5.60. The Bertz CT molecular complexity index is 426. The van der Waals surface area contributed by atoms with E-state index in [2.05, 4.69) is 42.6 Å². The molecule has 2 nitrogen and oxygen atoms in total. The Morgan fingerprint density at radius 1 is 1.39 bits per heavy atom. The van der Waals surface area contributed by atoms with E-state index in [0.29, 0.717) is 9.74 Å². The van der Waals surface area contributed by atoms with Crippen molar-refractivity contribution in [2.75, 3.05) is 18.8 Å². The van der Waals surface area contributed by atoms with Gasteiger partial charge in [0, 0.05) is 35.7 Å². The summed E-state index contributed by atoms with van der Waals surface area (Å²) in [4.78, 5) is 2.99. The normalized spacial score (nSPS) is 19.7. The summed E-state index contributed by atoms with van der Waals surface area (Å²) in [5.74, 6) is 1.22. The van der Waals surface area contributed by atoms with Crippen molar-refractivity contribution in [3.05, 3.63) is 35.4 Å². The van der Waals surface area contributed by atoms with Crippen LogP contribution in [0.1, 0.15) is 25.0 Å². The van der Waals surface area contributed by atoms with E-state index < -0.39 is 0 Å². The summed E-state index contributed by atoms with van der Waals surface area (Å²) >= 11 is 7.03. The molecule has 1 aromatic carbocycles. The van der Waals surface area contributed by atoms with Gasteiger partial charge in [-0.2, -0.15) is 11.8 Å². The van der Waals surface area contributed by atoms with E-state index in [4.69, 9.17) is 18.0 Å². The molecule has 0 spiro atoms. The minimum Gasteiger partial charge on any atom is -0.389 e. The summed E-state index contributed by atoms with van der Waals surface area (Å²) in [5, 5.41) is 0. The molecule has 1 saturated heterocycles. The highest BCUT2D eigenvalue weighted by atomic mass is 32.2. The molecule has 2 N–H and O–H groups in total. The lowest BCUT2D eigenvalue weighted by molar-refractivity contribution is 0.252. The van der Waals surface area contributed by atoms with Crippen LogP contribution in [0.3, 0.4) is 0 Å². The molecule has 0 bridgehead atoms. The fourth-order valence-corrected chi connectivity index (χ4v) is 3.59. The molecule has 1 aliphatic rings. The number of thioether (sulfide) groups is 1. The highest BCUT2D eigenvalue weighted by Crippen LogP contribution is 2.30. The third-order valence-corrected chi connectivity index (χ3v) is 4.68. The Labute approximate surface area is 119 Å². The van der Waals surface area contributed by atoms with Crippen molar-refractivity contribution in [2.45, 2.75) is 25.1 Å². The van der Waals surface area contributed by atoms with Gasteiger partial charge in [0.2, 0.25) is 0 Å². The van der Waals surface area contributed by atoms with Gasteiger partial charge in [0.15, 0.2) is 0 Å². The Balaban J connectivity index is 1.99. The number of benzene rings is 1. The van der Waals surface area contributed by atoms with E-state index in [1.165, 1.54) is 17.9 Å². The first-order valence-electron chi connectivity index (χ1n) is 6.21. The van der Waals surface area contributed by atoms with E-state index in [0.717, 1.165) is 18.7 Å². The van der Waals surface area contributed by atoms with Crippen LogP contribution in [0.4, 0.5) is 0 Å². The molecule has 1 aromatic rings. The second-order valence-corrected chi connectivity index (χ2v) is 7.62. The van der Waals surface area contributed by atoms with Gasteiger partial charge in [-0.05, 0) is 19.4 Å². The predicted octanol–water partition coefficient (Wildman–Crippen LogP) is 2.65. The van der Waals surface area contributed by atoms with Crippen LogP contribution in [0.5, 0.6) is 0 Å². The van der Waals surface area contributed by atoms with E-state index in [9.17, 15) is 0 Å². The quantitative estimate of drug-likeness (QED) is 0.862. The van der Waals surface area contributed by atoms with Crippen LogP contribution >= 0.6 is 24.0 Å². The zero-order valence-electron chi connectivity index (χ0n) is 11.0. The van der Waals surface area contributed by atoms with Crippen molar-refractivity contribution in [2.24, 2.45) is 5.73 Å². The molecule has 18 heavy (non-hydrogen) atoms. The SMILES string of the molecule is CC1(C)CN(Cc2ccc(C(N)=S)cc2)CCS1. The van der Waals surface area contributed by atoms with Crippen molar-refractivity contribution in [3.8, 4) is 0 Å². The summed E-state index contributed by atoms with van der Waals surface area (Å²) < 4.78 is 0.372. The van der Waals surface area contributed by atoms with Gasteiger partial charge in [-0.15, -0.1) is 0 Å². The van der Waals surface area contributed by atoms with Crippen LogP contribution in [0.15, 0.2) is 24.3 Å². The van der Waals surface area contributed by atoms with Crippen molar-refractivity contribution >= 4 is 29.0 Å². The number of nitrogens with zero attached hydrogens (tertiary/aromatic N) is 1. The first-order valence-corrected chi connectivity index (χ1v) is 7.61. The van der Waals surface area contributed by atoms with Gasteiger partial charge in [0.25, 0.3) is 0 Å². The van der Waals surface area contributed by atoms with Gasteiger partial charge in [0.1, 0.15) is 4.99 Å². The Morgan fingerprint density at radius 2 is 2.06 bits per heavy atom. The standard InChI is InChI=1S/C14H20N2S2/c1-14(2)10-16(7-8-18-14)9-11-3-5-12(6-4-11)13(15)17/h3-6H,7-10H2,1-2H3,(H2,15,17). The van der Waals surface area contributed by atoms with Crippen LogP contribution in [-0.2, 0) is 6.54 Å². The number of hydrogen-bond acceptors (Lipinski definition) is 3. The first-order chi connectivity index (χ1) is 8.46. The van der Waals surface area contributed by atoms with E-state index in [1.807, 2.05) is 12.1 Å². The predicted molar refractivity (Wildman–Crippen MR) is 84.1 cm³/mol. The van der Waals surface area contributed by atoms with Gasteiger partial charge in [-0.1, -0.05) is 36.5 Å². The smallest absolute Gasteiger partial charge is 0.103 e. The molecule has 4 heteroatoms. The van der Waals surface area contributed by atoms with E-state index in [-0.39, 0.29) is 0 Å².